The summed E-state index contributed by atoms with van der Waals surface area (Å²) in [5, 5.41) is 3.72. The summed E-state index contributed by atoms with van der Waals surface area (Å²) in [6.07, 6.45) is 1.71. The number of aromatic nitrogens is 2. The van der Waals surface area contributed by atoms with Crippen LogP contribution >= 0.6 is 0 Å². The van der Waals surface area contributed by atoms with Crippen molar-refractivity contribution in [3.8, 4) is 0 Å². The average molecular weight is 169 g/mol. The Morgan fingerprint density at radius 3 is 3.08 bits per heavy atom. The highest BCUT2D eigenvalue weighted by Crippen LogP contribution is 1.97. The van der Waals surface area contributed by atoms with Crippen LogP contribution in [0.15, 0.2) is 12.3 Å². The molecule has 0 unspecified atom stereocenters. The van der Waals surface area contributed by atoms with Gasteiger partial charge >= 0.3 is 5.97 Å². The van der Waals surface area contributed by atoms with E-state index < -0.39 is 0 Å². The summed E-state index contributed by atoms with van der Waals surface area (Å²) < 4.78 is 4.73. The lowest BCUT2D eigenvalue weighted by atomic mass is 10.3. The van der Waals surface area contributed by atoms with Gasteiger partial charge in [-0.1, -0.05) is 0 Å². The lowest BCUT2D eigenvalue weighted by molar-refractivity contribution is -0.142. The van der Waals surface area contributed by atoms with Gasteiger partial charge in [0, 0.05) is 0 Å². The van der Waals surface area contributed by atoms with Crippen molar-refractivity contribution in [1.82, 2.24) is 9.89 Å². The predicted octanol–water partition coefficient (Wildman–Crippen LogP) is -0.298. The minimum Gasteiger partial charge on any atom is -0.466 e. The van der Waals surface area contributed by atoms with Crippen LogP contribution in [-0.2, 0) is 16.0 Å². The fraction of sp³-hybridized carbons (Fsp3) is 0.429. The number of esters is 1. The topological polar surface area (TPSA) is 70.1 Å². The maximum absolute atomic E-state index is 10.9. The zero-order chi connectivity index (χ0) is 8.97. The Labute approximate surface area is 70.1 Å². The van der Waals surface area contributed by atoms with Crippen molar-refractivity contribution in [2.24, 2.45) is 0 Å². The van der Waals surface area contributed by atoms with E-state index in [0.717, 1.165) is 4.79 Å². The van der Waals surface area contributed by atoms with E-state index in [1.807, 2.05) is 0 Å². The molecule has 0 aliphatic carbocycles. The van der Waals surface area contributed by atoms with Gasteiger partial charge in [-0.3, -0.25) is 4.79 Å². The molecule has 1 aromatic heterocycles. The minimum absolute atomic E-state index is 0.171. The molecule has 0 aliphatic heterocycles. The fourth-order valence-electron chi connectivity index (χ4n) is 0.842. The minimum atomic E-state index is -0.287. The highest BCUT2D eigenvalue weighted by atomic mass is 16.5. The van der Waals surface area contributed by atoms with Gasteiger partial charge in [0.1, 0.15) is 0 Å². The quantitative estimate of drug-likeness (QED) is 0.498. The molecule has 5 nitrogen and oxygen atoms in total. The summed E-state index contributed by atoms with van der Waals surface area (Å²) in [6.45, 7) is 2.15. The molecule has 0 saturated heterocycles. The van der Waals surface area contributed by atoms with Gasteiger partial charge in [0.05, 0.1) is 24.9 Å². The zero-order valence-electron chi connectivity index (χ0n) is 6.86. The van der Waals surface area contributed by atoms with E-state index in [1.165, 1.54) is 6.20 Å². The highest BCUT2D eigenvalue weighted by Gasteiger charge is 2.06. The Bertz CT molecular complexity index is 269. The molecule has 0 spiro atoms. The number of rotatable bonds is 3. The van der Waals surface area contributed by atoms with Crippen LogP contribution in [0.25, 0.3) is 0 Å². The van der Waals surface area contributed by atoms with Gasteiger partial charge in [-0.25, -0.2) is 0 Å². The molecule has 0 radical (unpaired) electrons. The Hall–Kier alpha value is -1.52. The van der Waals surface area contributed by atoms with Crippen LogP contribution in [0.2, 0.25) is 0 Å². The third-order valence-electron chi connectivity index (χ3n) is 1.38. The second-order valence-corrected chi connectivity index (χ2v) is 2.25. The molecule has 1 heterocycles. The zero-order valence-corrected chi connectivity index (χ0v) is 6.86. The molecule has 0 amide bonds. The summed E-state index contributed by atoms with van der Waals surface area (Å²) in [4.78, 5) is 12.1. The summed E-state index contributed by atoms with van der Waals surface area (Å²) in [5.41, 5.74) is 0.647. The predicted molar refractivity (Wildman–Crippen MR) is 42.7 cm³/mol. The first-order valence-electron chi connectivity index (χ1n) is 3.67. The number of nitrogens with zero attached hydrogens (tertiary/aromatic N) is 2. The third kappa shape index (κ3) is 1.98. The van der Waals surface area contributed by atoms with Gasteiger partial charge in [-0.15, -0.1) is 0 Å². The maximum atomic E-state index is 10.9. The molecule has 0 aromatic carbocycles. The number of ether oxygens (including phenoxy) is 1. The van der Waals surface area contributed by atoms with E-state index in [2.05, 4.69) is 5.10 Å². The molecule has 0 saturated carbocycles. The molecule has 0 aliphatic rings. The molecule has 0 bridgehead atoms. The van der Waals surface area contributed by atoms with E-state index in [1.54, 1.807) is 13.0 Å². The second-order valence-electron chi connectivity index (χ2n) is 2.25. The largest absolute Gasteiger partial charge is 0.466 e. The van der Waals surface area contributed by atoms with Gasteiger partial charge in [0.2, 0.25) is 0 Å². The van der Waals surface area contributed by atoms with Gasteiger partial charge in [0.25, 0.3) is 0 Å². The van der Waals surface area contributed by atoms with Crippen molar-refractivity contribution in [3.63, 3.8) is 0 Å². The SMILES string of the molecule is CCOC(=O)Cc1ccnn1N. The van der Waals surface area contributed by atoms with Gasteiger partial charge in [-0.2, -0.15) is 9.89 Å². The van der Waals surface area contributed by atoms with Crippen LogP contribution in [0.4, 0.5) is 0 Å². The molecular formula is C7H11N3O2. The number of carbonyl (C=O) groups is 1. The van der Waals surface area contributed by atoms with Crippen LogP contribution in [-0.4, -0.2) is 22.5 Å². The summed E-state index contributed by atoms with van der Waals surface area (Å²) in [7, 11) is 0. The average Bonchev–Trinajstić information content (AvgIpc) is 2.37. The first-order valence-corrected chi connectivity index (χ1v) is 3.67. The van der Waals surface area contributed by atoms with Crippen molar-refractivity contribution in [3.05, 3.63) is 18.0 Å². The van der Waals surface area contributed by atoms with Crippen LogP contribution in [0, 0.1) is 0 Å². The number of nitrogens with two attached hydrogens (primary N) is 1. The number of carbonyl (C=O) groups excluding carboxylic acids is 1. The van der Waals surface area contributed by atoms with E-state index in [-0.39, 0.29) is 12.4 Å². The smallest absolute Gasteiger partial charge is 0.311 e. The monoisotopic (exact) mass is 169 g/mol. The summed E-state index contributed by atoms with van der Waals surface area (Å²) in [6, 6.07) is 1.68. The second kappa shape index (κ2) is 3.75. The van der Waals surface area contributed by atoms with Crippen molar-refractivity contribution >= 4 is 5.97 Å². The fourth-order valence-corrected chi connectivity index (χ4v) is 0.842. The van der Waals surface area contributed by atoms with Gasteiger partial charge in [0.15, 0.2) is 0 Å². The first-order chi connectivity index (χ1) is 5.74. The maximum Gasteiger partial charge on any atom is 0.311 e. The molecule has 2 N–H and O–H groups in total. The van der Waals surface area contributed by atoms with Crippen molar-refractivity contribution in [2.45, 2.75) is 13.3 Å². The standard InChI is InChI=1S/C7H11N3O2/c1-2-12-7(11)5-6-3-4-9-10(6)8/h3-4H,2,5,8H2,1H3. The number of nitrogen functional groups attached to an aromatic ring is 1. The Kier molecular flexibility index (Phi) is 2.68. The lowest BCUT2D eigenvalue weighted by Gasteiger charge is -2.01. The molecular weight excluding hydrogens is 158 g/mol. The van der Waals surface area contributed by atoms with Crippen LogP contribution in [0.5, 0.6) is 0 Å². The van der Waals surface area contributed by atoms with E-state index in [4.69, 9.17) is 10.6 Å². The van der Waals surface area contributed by atoms with E-state index in [0.29, 0.717) is 12.3 Å². The van der Waals surface area contributed by atoms with E-state index >= 15 is 0 Å². The van der Waals surface area contributed by atoms with Crippen LogP contribution < -0.4 is 5.84 Å². The molecule has 12 heavy (non-hydrogen) atoms. The first kappa shape index (κ1) is 8.58. The molecule has 1 aromatic rings. The summed E-state index contributed by atoms with van der Waals surface area (Å²) >= 11 is 0. The van der Waals surface area contributed by atoms with Crippen LogP contribution in [0.1, 0.15) is 12.6 Å². The Morgan fingerprint density at radius 1 is 1.83 bits per heavy atom. The Balaban J connectivity index is 2.52. The molecule has 1 rings (SSSR count). The van der Waals surface area contributed by atoms with Gasteiger partial charge in [-0.05, 0) is 13.0 Å². The summed E-state index contributed by atoms with van der Waals surface area (Å²) in [5.74, 6) is 5.10. The van der Waals surface area contributed by atoms with Crippen molar-refractivity contribution in [1.29, 1.82) is 0 Å². The third-order valence-corrected chi connectivity index (χ3v) is 1.38. The van der Waals surface area contributed by atoms with Gasteiger partial charge < -0.3 is 10.6 Å². The number of hydrogen-bond acceptors (Lipinski definition) is 4. The number of hydrogen-bond donors (Lipinski definition) is 1. The molecule has 0 atom stereocenters. The molecule has 66 valence electrons. The van der Waals surface area contributed by atoms with E-state index in [9.17, 15) is 4.79 Å². The van der Waals surface area contributed by atoms with Crippen molar-refractivity contribution < 1.29 is 9.53 Å². The van der Waals surface area contributed by atoms with Crippen molar-refractivity contribution in [2.75, 3.05) is 12.4 Å². The Morgan fingerprint density at radius 2 is 2.58 bits per heavy atom. The lowest BCUT2D eigenvalue weighted by Crippen LogP contribution is -2.17. The highest BCUT2D eigenvalue weighted by molar-refractivity contribution is 5.71. The molecule has 0 fully saturated rings. The molecule has 5 heteroatoms. The normalized spacial score (nSPS) is 9.75. The van der Waals surface area contributed by atoms with Crippen LogP contribution in [0.3, 0.4) is 0 Å².